The van der Waals surface area contributed by atoms with Gasteiger partial charge in [0, 0.05) is 17.3 Å². The van der Waals surface area contributed by atoms with Crippen LogP contribution in [0.4, 0.5) is 5.69 Å². The first-order chi connectivity index (χ1) is 14.8. The smallest absolute Gasteiger partial charge is 0.241 e. The summed E-state index contributed by atoms with van der Waals surface area (Å²) in [6.45, 7) is 2.39. The van der Waals surface area contributed by atoms with Crippen LogP contribution < -0.4 is 20.7 Å². The van der Waals surface area contributed by atoms with Crippen molar-refractivity contribution in [2.45, 2.75) is 22.6 Å². The van der Waals surface area contributed by atoms with Crippen molar-refractivity contribution in [1.29, 1.82) is 0 Å². The van der Waals surface area contributed by atoms with Crippen molar-refractivity contribution in [2.24, 2.45) is 0 Å². The van der Waals surface area contributed by atoms with Crippen LogP contribution >= 0.6 is 23.4 Å². The molecule has 31 heavy (non-hydrogen) atoms. The van der Waals surface area contributed by atoms with E-state index < -0.39 is 26.5 Å². The highest BCUT2D eigenvalue weighted by atomic mass is 35.5. The first-order valence-corrected chi connectivity index (χ1v) is 12.4. The fraction of sp³-hybridized carbons (Fsp3) is 0.300. The van der Waals surface area contributed by atoms with E-state index in [4.69, 9.17) is 16.3 Å². The van der Waals surface area contributed by atoms with E-state index in [-0.39, 0.29) is 23.1 Å². The van der Waals surface area contributed by atoms with Gasteiger partial charge in [0.15, 0.2) is 15.1 Å². The molecule has 1 saturated heterocycles. The zero-order valence-corrected chi connectivity index (χ0v) is 19.0. The molecular formula is C20H22ClN3O5S2. The average Bonchev–Trinajstić information content (AvgIpc) is 2.74. The molecule has 8 nitrogen and oxygen atoms in total. The van der Waals surface area contributed by atoms with Crippen LogP contribution in [0.5, 0.6) is 5.75 Å². The molecule has 0 aromatic heterocycles. The van der Waals surface area contributed by atoms with Gasteiger partial charge in [-0.25, -0.2) is 8.42 Å². The second kappa shape index (κ2) is 10.4. The molecule has 1 aliphatic heterocycles. The molecule has 2 atom stereocenters. The first kappa shape index (κ1) is 23.4. The van der Waals surface area contributed by atoms with Crippen molar-refractivity contribution in [3.8, 4) is 5.75 Å². The van der Waals surface area contributed by atoms with Gasteiger partial charge in [0.25, 0.3) is 0 Å². The minimum Gasteiger partial charge on any atom is -0.494 e. The van der Waals surface area contributed by atoms with Gasteiger partial charge in [-0.2, -0.15) is 0 Å². The molecule has 0 saturated carbocycles. The first-order valence-electron chi connectivity index (χ1n) is 9.47. The van der Waals surface area contributed by atoms with Gasteiger partial charge < -0.3 is 15.4 Å². The Morgan fingerprint density at radius 3 is 2.48 bits per heavy atom. The molecule has 0 bridgehead atoms. The van der Waals surface area contributed by atoms with Gasteiger partial charge in [-0.3, -0.25) is 14.9 Å². The fourth-order valence-electron chi connectivity index (χ4n) is 2.88. The van der Waals surface area contributed by atoms with Gasteiger partial charge >= 0.3 is 0 Å². The number of benzene rings is 2. The number of anilines is 1. The van der Waals surface area contributed by atoms with Gasteiger partial charge in [-0.15, -0.1) is 11.8 Å². The number of carbonyl (C=O) groups excluding carboxylic acids is 2. The molecule has 2 unspecified atom stereocenters. The van der Waals surface area contributed by atoms with E-state index in [1.54, 1.807) is 24.3 Å². The normalized spacial score (nSPS) is 18.8. The Hall–Kier alpha value is -2.27. The van der Waals surface area contributed by atoms with Crippen molar-refractivity contribution in [3.05, 3.63) is 53.6 Å². The Balaban J connectivity index is 1.50. The SMILES string of the molecule is CCOc1ccc(NC(=O)CSC2NCC(S(=O)(=O)c3ccc(Cl)cc3)C(=O)N2)cc1. The molecule has 1 fully saturated rings. The molecule has 166 valence electrons. The highest BCUT2D eigenvalue weighted by Gasteiger charge is 2.38. The van der Waals surface area contributed by atoms with Crippen LogP contribution in [0.1, 0.15) is 6.92 Å². The molecule has 1 aliphatic rings. The van der Waals surface area contributed by atoms with E-state index in [0.717, 1.165) is 11.8 Å². The largest absolute Gasteiger partial charge is 0.494 e. The van der Waals surface area contributed by atoms with Crippen molar-refractivity contribution < 1.29 is 22.7 Å². The van der Waals surface area contributed by atoms with E-state index in [0.29, 0.717) is 23.1 Å². The number of ether oxygens (including phenoxy) is 1. The Morgan fingerprint density at radius 1 is 1.19 bits per heavy atom. The van der Waals surface area contributed by atoms with Crippen LogP contribution in [0.25, 0.3) is 0 Å². The average molecular weight is 484 g/mol. The van der Waals surface area contributed by atoms with E-state index in [1.807, 2.05) is 6.92 Å². The number of halogens is 1. The summed E-state index contributed by atoms with van der Waals surface area (Å²) >= 11 is 6.96. The van der Waals surface area contributed by atoms with E-state index >= 15 is 0 Å². The van der Waals surface area contributed by atoms with Crippen molar-refractivity contribution in [3.63, 3.8) is 0 Å². The molecule has 3 N–H and O–H groups in total. The van der Waals surface area contributed by atoms with Crippen molar-refractivity contribution in [1.82, 2.24) is 10.6 Å². The van der Waals surface area contributed by atoms with E-state index in [9.17, 15) is 18.0 Å². The zero-order chi connectivity index (χ0) is 22.4. The molecule has 11 heteroatoms. The third-order valence-corrected chi connectivity index (χ3v) is 7.76. The van der Waals surface area contributed by atoms with Gasteiger partial charge in [0.2, 0.25) is 11.8 Å². The number of carbonyl (C=O) groups is 2. The molecule has 0 spiro atoms. The molecule has 0 aliphatic carbocycles. The lowest BCUT2D eigenvalue weighted by Crippen LogP contribution is -2.59. The van der Waals surface area contributed by atoms with E-state index in [1.165, 1.54) is 24.3 Å². The lowest BCUT2D eigenvalue weighted by molar-refractivity contribution is -0.122. The monoisotopic (exact) mass is 483 g/mol. The minimum atomic E-state index is -3.86. The Kier molecular flexibility index (Phi) is 7.82. The molecule has 2 aromatic carbocycles. The van der Waals surface area contributed by atoms with Gasteiger partial charge in [0.1, 0.15) is 11.2 Å². The Morgan fingerprint density at radius 2 is 1.87 bits per heavy atom. The highest BCUT2D eigenvalue weighted by molar-refractivity contribution is 8.00. The summed E-state index contributed by atoms with van der Waals surface area (Å²) in [5.41, 5.74) is 0.0547. The topological polar surface area (TPSA) is 114 Å². The highest BCUT2D eigenvalue weighted by Crippen LogP contribution is 2.22. The molecule has 2 aromatic rings. The maximum atomic E-state index is 12.7. The molecule has 3 rings (SSSR count). The molecule has 2 amide bonds. The quantitative estimate of drug-likeness (QED) is 0.527. The third kappa shape index (κ3) is 6.13. The number of nitrogens with one attached hydrogen (secondary N) is 3. The summed E-state index contributed by atoms with van der Waals surface area (Å²) in [7, 11) is -3.86. The Labute approximate surface area is 190 Å². The number of hydrogen-bond acceptors (Lipinski definition) is 7. The predicted molar refractivity (Wildman–Crippen MR) is 121 cm³/mol. The number of rotatable bonds is 8. The van der Waals surface area contributed by atoms with Gasteiger partial charge in [0.05, 0.1) is 17.3 Å². The minimum absolute atomic E-state index is 0.0275. The lowest BCUT2D eigenvalue weighted by Gasteiger charge is -2.29. The van der Waals surface area contributed by atoms with Crippen LogP contribution in [-0.4, -0.2) is 49.9 Å². The van der Waals surface area contributed by atoms with Crippen molar-refractivity contribution >= 4 is 50.7 Å². The van der Waals surface area contributed by atoms with Crippen LogP contribution in [0, 0.1) is 0 Å². The summed E-state index contributed by atoms with van der Waals surface area (Å²) in [5.74, 6) is -0.0777. The summed E-state index contributed by atoms with van der Waals surface area (Å²) in [5, 5.41) is 7.47. The van der Waals surface area contributed by atoms with E-state index in [2.05, 4.69) is 16.0 Å². The van der Waals surface area contributed by atoms with Crippen molar-refractivity contribution in [2.75, 3.05) is 24.2 Å². The standard InChI is InChI=1S/C20H22ClN3O5S2/c1-2-29-15-7-5-14(6-8-15)23-18(25)12-30-20-22-11-17(19(26)24-20)31(27,28)16-9-3-13(21)4-10-16/h3-10,17,20,22H,2,11-12H2,1H3,(H,23,25)(H,24,26). The van der Waals surface area contributed by atoms with Crippen LogP contribution in [0.3, 0.4) is 0 Å². The summed E-state index contributed by atoms with van der Waals surface area (Å²) in [6.07, 6.45) is 0. The second-order valence-electron chi connectivity index (χ2n) is 6.60. The number of thioether (sulfide) groups is 1. The number of amides is 2. The van der Waals surface area contributed by atoms with Gasteiger partial charge in [-0.05, 0) is 55.5 Å². The molecular weight excluding hydrogens is 462 g/mol. The number of sulfone groups is 1. The molecule has 1 heterocycles. The second-order valence-corrected chi connectivity index (χ2v) is 10.3. The lowest BCUT2D eigenvalue weighted by atomic mass is 10.3. The maximum absolute atomic E-state index is 12.7. The maximum Gasteiger partial charge on any atom is 0.241 e. The molecule has 0 radical (unpaired) electrons. The number of hydrogen-bond donors (Lipinski definition) is 3. The summed E-state index contributed by atoms with van der Waals surface area (Å²) < 4.78 is 30.8. The fourth-order valence-corrected chi connectivity index (χ4v) is 5.32. The van der Waals surface area contributed by atoms with Crippen LogP contribution in [0.15, 0.2) is 53.4 Å². The van der Waals surface area contributed by atoms with Crippen LogP contribution in [0.2, 0.25) is 5.02 Å². The summed E-state index contributed by atoms with van der Waals surface area (Å²) in [4.78, 5) is 24.6. The van der Waals surface area contributed by atoms with Crippen LogP contribution in [-0.2, 0) is 19.4 Å². The zero-order valence-electron chi connectivity index (χ0n) is 16.6. The predicted octanol–water partition coefficient (Wildman–Crippen LogP) is 2.26. The third-order valence-electron chi connectivity index (χ3n) is 4.40. The Bertz CT molecular complexity index is 1030. The van der Waals surface area contributed by atoms with Gasteiger partial charge in [-0.1, -0.05) is 11.6 Å². The summed E-state index contributed by atoms with van der Waals surface area (Å²) in [6, 6.07) is 12.7.